The lowest BCUT2D eigenvalue weighted by Crippen LogP contribution is -2.44. The predicted molar refractivity (Wildman–Crippen MR) is 72.4 cm³/mol. The van der Waals surface area contributed by atoms with E-state index in [1.807, 2.05) is 0 Å². The van der Waals surface area contributed by atoms with E-state index in [0.29, 0.717) is 12.6 Å². The average molecular weight is 261 g/mol. The smallest absolute Gasteiger partial charge is 0.234 e. The Bertz CT molecular complexity index is 236. The molecule has 2 aliphatic carbocycles. The van der Waals surface area contributed by atoms with Crippen molar-refractivity contribution in [2.45, 2.75) is 45.6 Å². The number of nitrogens with zero attached hydrogens (tertiary/aromatic N) is 1. The summed E-state index contributed by atoms with van der Waals surface area (Å²) >= 11 is 0. The van der Waals surface area contributed by atoms with Crippen LogP contribution >= 0.6 is 12.4 Å². The fourth-order valence-electron chi connectivity index (χ4n) is 3.37. The van der Waals surface area contributed by atoms with E-state index < -0.39 is 0 Å². The summed E-state index contributed by atoms with van der Waals surface area (Å²) in [5.41, 5.74) is 0. The Morgan fingerprint density at radius 3 is 2.00 bits per heavy atom. The molecule has 0 radical (unpaired) electrons. The van der Waals surface area contributed by atoms with Gasteiger partial charge in [-0.15, -0.1) is 12.4 Å². The first-order chi connectivity index (χ1) is 7.74. The zero-order valence-electron chi connectivity index (χ0n) is 10.9. The minimum absolute atomic E-state index is 0. The van der Waals surface area contributed by atoms with Gasteiger partial charge < -0.3 is 5.32 Å². The van der Waals surface area contributed by atoms with Crippen molar-refractivity contribution >= 4 is 18.3 Å². The molecule has 0 heterocycles. The van der Waals surface area contributed by atoms with Gasteiger partial charge in [0.1, 0.15) is 0 Å². The number of likely N-dealkylation sites (N-methyl/N-ethyl adjacent to an activating group) is 1. The Labute approximate surface area is 111 Å². The van der Waals surface area contributed by atoms with Gasteiger partial charge in [0, 0.05) is 6.04 Å². The summed E-state index contributed by atoms with van der Waals surface area (Å²) in [5, 5.41) is 3.26. The van der Waals surface area contributed by atoms with Gasteiger partial charge in [-0.3, -0.25) is 9.69 Å². The highest BCUT2D eigenvalue weighted by Crippen LogP contribution is 2.44. The van der Waals surface area contributed by atoms with Crippen molar-refractivity contribution in [1.29, 1.82) is 0 Å². The van der Waals surface area contributed by atoms with Crippen LogP contribution in [0.1, 0.15) is 39.5 Å². The number of nitrogens with one attached hydrogen (secondary N) is 1. The Morgan fingerprint density at radius 1 is 1.12 bits per heavy atom. The van der Waals surface area contributed by atoms with Crippen LogP contribution in [0.15, 0.2) is 0 Å². The van der Waals surface area contributed by atoms with Crippen LogP contribution in [0.5, 0.6) is 0 Å². The number of hydrogen-bond donors (Lipinski definition) is 1. The minimum Gasteiger partial charge on any atom is -0.352 e. The first kappa shape index (κ1) is 14.8. The van der Waals surface area contributed by atoms with Crippen molar-refractivity contribution in [3.05, 3.63) is 0 Å². The van der Waals surface area contributed by atoms with Crippen LogP contribution in [0, 0.1) is 11.8 Å². The van der Waals surface area contributed by atoms with Gasteiger partial charge in [0.05, 0.1) is 6.54 Å². The Morgan fingerprint density at radius 2 is 1.59 bits per heavy atom. The third kappa shape index (κ3) is 3.35. The van der Waals surface area contributed by atoms with E-state index >= 15 is 0 Å². The van der Waals surface area contributed by atoms with Gasteiger partial charge in [0.25, 0.3) is 0 Å². The van der Waals surface area contributed by atoms with Gasteiger partial charge in [-0.05, 0) is 50.6 Å². The monoisotopic (exact) mass is 260 g/mol. The maximum atomic E-state index is 11.9. The van der Waals surface area contributed by atoms with E-state index in [0.717, 1.165) is 24.9 Å². The van der Waals surface area contributed by atoms with E-state index in [2.05, 4.69) is 24.1 Å². The molecule has 2 rings (SSSR count). The second kappa shape index (κ2) is 6.60. The van der Waals surface area contributed by atoms with Crippen molar-refractivity contribution in [3.63, 3.8) is 0 Å². The molecule has 0 aliphatic heterocycles. The molecule has 0 unspecified atom stereocenters. The number of hydrogen-bond acceptors (Lipinski definition) is 2. The number of fused-ring (bicyclic) bond motifs is 2. The van der Waals surface area contributed by atoms with Crippen LogP contribution in [-0.2, 0) is 4.79 Å². The number of rotatable bonds is 5. The fourth-order valence-corrected chi connectivity index (χ4v) is 3.37. The normalized spacial score (nSPS) is 30.4. The zero-order chi connectivity index (χ0) is 11.5. The van der Waals surface area contributed by atoms with Crippen LogP contribution < -0.4 is 5.32 Å². The molecule has 4 heteroatoms. The highest BCUT2D eigenvalue weighted by Gasteiger charge is 2.42. The van der Waals surface area contributed by atoms with E-state index in [-0.39, 0.29) is 18.3 Å². The molecule has 3 nitrogen and oxygen atoms in total. The van der Waals surface area contributed by atoms with Gasteiger partial charge in [-0.25, -0.2) is 0 Å². The maximum absolute atomic E-state index is 11.9. The summed E-state index contributed by atoms with van der Waals surface area (Å²) in [7, 11) is 0. The molecule has 0 aromatic heterocycles. The molecule has 0 atom stereocenters. The molecule has 2 bridgehead atoms. The van der Waals surface area contributed by atoms with E-state index in [9.17, 15) is 4.79 Å². The Kier molecular flexibility index (Phi) is 5.74. The molecule has 0 saturated heterocycles. The third-order valence-corrected chi connectivity index (χ3v) is 4.42. The highest BCUT2D eigenvalue weighted by atomic mass is 35.5. The molecule has 2 saturated carbocycles. The summed E-state index contributed by atoms with van der Waals surface area (Å²) in [4.78, 5) is 14.1. The zero-order valence-corrected chi connectivity index (χ0v) is 11.8. The van der Waals surface area contributed by atoms with Gasteiger partial charge in [-0.2, -0.15) is 0 Å². The minimum atomic E-state index is 0. The molecule has 0 spiro atoms. The van der Waals surface area contributed by atoms with E-state index in [1.165, 1.54) is 25.7 Å². The fraction of sp³-hybridized carbons (Fsp3) is 0.923. The first-order valence-corrected chi connectivity index (χ1v) is 6.76. The number of halogens is 1. The molecule has 1 amide bonds. The second-order valence-electron chi connectivity index (χ2n) is 5.23. The molecule has 100 valence electrons. The van der Waals surface area contributed by atoms with Gasteiger partial charge in [0.15, 0.2) is 0 Å². The summed E-state index contributed by atoms with van der Waals surface area (Å²) in [5.74, 6) is 1.80. The summed E-state index contributed by atoms with van der Waals surface area (Å²) < 4.78 is 0. The third-order valence-electron chi connectivity index (χ3n) is 4.42. The van der Waals surface area contributed by atoms with Gasteiger partial charge in [-0.1, -0.05) is 13.8 Å². The molecular formula is C13H25ClN2O. The van der Waals surface area contributed by atoms with Crippen LogP contribution in [0.2, 0.25) is 0 Å². The molecular weight excluding hydrogens is 236 g/mol. The Hall–Kier alpha value is -0.280. The van der Waals surface area contributed by atoms with Crippen LogP contribution in [0.4, 0.5) is 0 Å². The quantitative estimate of drug-likeness (QED) is 0.821. The summed E-state index contributed by atoms with van der Waals surface area (Å²) in [6.07, 6.45) is 5.34. The number of amides is 1. The van der Waals surface area contributed by atoms with Gasteiger partial charge >= 0.3 is 0 Å². The van der Waals surface area contributed by atoms with Crippen molar-refractivity contribution in [3.8, 4) is 0 Å². The largest absolute Gasteiger partial charge is 0.352 e. The van der Waals surface area contributed by atoms with Crippen molar-refractivity contribution in [2.75, 3.05) is 19.6 Å². The van der Waals surface area contributed by atoms with Crippen molar-refractivity contribution in [2.24, 2.45) is 11.8 Å². The lowest BCUT2D eigenvalue weighted by molar-refractivity contribution is -0.123. The topological polar surface area (TPSA) is 32.3 Å². The lowest BCUT2D eigenvalue weighted by Gasteiger charge is -2.21. The maximum Gasteiger partial charge on any atom is 0.234 e. The SMILES string of the molecule is CCN(CC)CC(=O)NC1C2CCC1CC2.Cl. The molecule has 0 aromatic carbocycles. The molecule has 17 heavy (non-hydrogen) atoms. The first-order valence-electron chi connectivity index (χ1n) is 6.76. The van der Waals surface area contributed by atoms with Crippen molar-refractivity contribution < 1.29 is 4.79 Å². The van der Waals surface area contributed by atoms with Crippen LogP contribution in [0.3, 0.4) is 0 Å². The number of carbonyl (C=O) groups is 1. The summed E-state index contributed by atoms with van der Waals surface area (Å²) in [6.45, 7) is 6.71. The number of carbonyl (C=O) groups excluding carboxylic acids is 1. The summed E-state index contributed by atoms with van der Waals surface area (Å²) in [6, 6.07) is 0.503. The van der Waals surface area contributed by atoms with E-state index in [4.69, 9.17) is 0 Å². The van der Waals surface area contributed by atoms with E-state index in [1.54, 1.807) is 0 Å². The van der Waals surface area contributed by atoms with Crippen LogP contribution in [0.25, 0.3) is 0 Å². The lowest BCUT2D eigenvalue weighted by atomic mass is 10.0. The second-order valence-corrected chi connectivity index (χ2v) is 5.23. The molecule has 1 N–H and O–H groups in total. The standard InChI is InChI=1S/C13H24N2O.ClH/c1-3-15(4-2)9-12(16)14-13-10-5-6-11(13)8-7-10;/h10-11,13H,3-9H2,1-2H3,(H,14,16);1H. The average Bonchev–Trinajstić information content (AvgIpc) is 2.86. The van der Waals surface area contributed by atoms with Crippen LogP contribution in [-0.4, -0.2) is 36.5 Å². The highest BCUT2D eigenvalue weighted by molar-refractivity contribution is 5.85. The Balaban J connectivity index is 0.00000144. The predicted octanol–water partition coefficient (Wildman–Crippen LogP) is 2.05. The van der Waals surface area contributed by atoms with Crippen molar-refractivity contribution in [1.82, 2.24) is 10.2 Å². The molecule has 2 fully saturated rings. The molecule has 0 aromatic rings. The molecule has 2 aliphatic rings. The van der Waals surface area contributed by atoms with Gasteiger partial charge in [0.2, 0.25) is 5.91 Å².